The van der Waals surface area contributed by atoms with Gasteiger partial charge < -0.3 is 9.47 Å². The van der Waals surface area contributed by atoms with E-state index in [9.17, 15) is 0 Å². The molecule has 0 amide bonds. The van der Waals surface area contributed by atoms with E-state index in [1.54, 1.807) is 0 Å². The monoisotopic (exact) mass is 434 g/mol. The van der Waals surface area contributed by atoms with Gasteiger partial charge in [0.05, 0.1) is 13.2 Å². The first-order chi connectivity index (χ1) is 13.7. The molecule has 0 saturated carbocycles. The predicted octanol–water partition coefficient (Wildman–Crippen LogP) is 6.60. The van der Waals surface area contributed by atoms with E-state index in [0.29, 0.717) is 25.0 Å². The fourth-order valence-electron chi connectivity index (χ4n) is 4.60. The average Bonchev–Trinajstić information content (AvgIpc) is 3.24. The van der Waals surface area contributed by atoms with Crippen molar-refractivity contribution in [3.63, 3.8) is 0 Å². The Bertz CT molecular complexity index is 990. The van der Waals surface area contributed by atoms with Gasteiger partial charge in [0.15, 0.2) is 6.29 Å². The fraction of sp³-hybridized carbons (Fsp3) is 0.280. The molecule has 142 valence electrons. The lowest BCUT2D eigenvalue weighted by Gasteiger charge is -2.24. The molecule has 1 fully saturated rings. The summed E-state index contributed by atoms with van der Waals surface area (Å²) in [5.74, 6) is 0.871. The fourth-order valence-corrected chi connectivity index (χ4v) is 4.97. The summed E-state index contributed by atoms with van der Waals surface area (Å²) < 4.78 is 12.4. The summed E-state index contributed by atoms with van der Waals surface area (Å²) in [6.45, 7) is 3.71. The van der Waals surface area contributed by atoms with E-state index in [4.69, 9.17) is 9.47 Å². The smallest absolute Gasteiger partial charge is 0.184 e. The van der Waals surface area contributed by atoms with Crippen molar-refractivity contribution in [3.8, 4) is 11.1 Å². The van der Waals surface area contributed by atoms with Gasteiger partial charge in [-0.25, -0.2) is 0 Å². The number of hydrogen-bond donors (Lipinski definition) is 0. The zero-order valence-corrected chi connectivity index (χ0v) is 17.5. The number of benzene rings is 3. The SMILES string of the molecule is CC1c2ccccc2-c2cc(Br)ccc2C[C@@H]1c1ccc(C2OCCO2)cc1. The number of hydrogen-bond acceptors (Lipinski definition) is 2. The molecule has 0 bridgehead atoms. The minimum Gasteiger partial charge on any atom is -0.346 e. The summed E-state index contributed by atoms with van der Waals surface area (Å²) in [6.07, 6.45) is 0.827. The molecule has 0 radical (unpaired) electrons. The summed E-state index contributed by atoms with van der Waals surface area (Å²) in [6, 6.07) is 24.4. The van der Waals surface area contributed by atoms with E-state index in [1.807, 2.05) is 0 Å². The highest BCUT2D eigenvalue weighted by Gasteiger charge is 2.29. The van der Waals surface area contributed by atoms with Crippen LogP contribution in [-0.2, 0) is 15.9 Å². The normalized spacial score (nSPS) is 21.8. The summed E-state index contributed by atoms with van der Waals surface area (Å²) in [5, 5.41) is 0. The molecule has 0 N–H and O–H groups in total. The van der Waals surface area contributed by atoms with E-state index in [2.05, 4.69) is 89.6 Å². The van der Waals surface area contributed by atoms with Crippen LogP contribution in [0.4, 0.5) is 0 Å². The third-order valence-electron chi connectivity index (χ3n) is 6.12. The van der Waals surface area contributed by atoms with E-state index >= 15 is 0 Å². The van der Waals surface area contributed by atoms with Gasteiger partial charge >= 0.3 is 0 Å². The molecular weight excluding hydrogens is 412 g/mol. The number of fused-ring (bicyclic) bond motifs is 3. The summed E-state index contributed by atoms with van der Waals surface area (Å²) in [4.78, 5) is 0. The van der Waals surface area contributed by atoms with Crippen molar-refractivity contribution in [2.24, 2.45) is 0 Å². The van der Waals surface area contributed by atoms with Crippen molar-refractivity contribution < 1.29 is 9.47 Å². The second-order valence-corrected chi connectivity index (χ2v) is 8.64. The molecule has 0 spiro atoms. The van der Waals surface area contributed by atoms with Crippen LogP contribution in [0.25, 0.3) is 11.1 Å². The van der Waals surface area contributed by atoms with Crippen LogP contribution in [0.15, 0.2) is 71.2 Å². The largest absolute Gasteiger partial charge is 0.346 e. The van der Waals surface area contributed by atoms with Crippen LogP contribution in [0.3, 0.4) is 0 Å². The highest BCUT2D eigenvalue weighted by atomic mass is 79.9. The summed E-state index contributed by atoms with van der Waals surface area (Å²) in [7, 11) is 0. The minimum atomic E-state index is -0.209. The zero-order valence-electron chi connectivity index (χ0n) is 15.9. The van der Waals surface area contributed by atoms with Gasteiger partial charge in [-0.05, 0) is 58.2 Å². The van der Waals surface area contributed by atoms with Gasteiger partial charge in [0, 0.05) is 10.0 Å². The average molecular weight is 435 g/mol. The number of rotatable bonds is 2. The van der Waals surface area contributed by atoms with Crippen molar-refractivity contribution in [1.29, 1.82) is 0 Å². The lowest BCUT2D eigenvalue weighted by molar-refractivity contribution is -0.0441. The molecule has 1 heterocycles. The Labute approximate surface area is 174 Å². The first-order valence-corrected chi connectivity index (χ1v) is 10.7. The summed E-state index contributed by atoms with van der Waals surface area (Å²) >= 11 is 3.66. The van der Waals surface area contributed by atoms with Gasteiger partial charge in [-0.1, -0.05) is 77.5 Å². The van der Waals surface area contributed by atoms with E-state index in [-0.39, 0.29) is 6.29 Å². The first-order valence-electron chi connectivity index (χ1n) is 9.91. The van der Waals surface area contributed by atoms with E-state index in [1.165, 1.54) is 27.8 Å². The van der Waals surface area contributed by atoms with Crippen LogP contribution in [-0.4, -0.2) is 13.2 Å². The quantitative estimate of drug-likeness (QED) is 0.451. The molecule has 1 saturated heterocycles. The van der Waals surface area contributed by atoms with Gasteiger partial charge in [0.2, 0.25) is 0 Å². The highest BCUT2D eigenvalue weighted by molar-refractivity contribution is 9.10. The van der Waals surface area contributed by atoms with Crippen LogP contribution >= 0.6 is 15.9 Å². The Balaban J connectivity index is 1.56. The maximum atomic E-state index is 5.64. The molecule has 3 aromatic rings. The lowest BCUT2D eigenvalue weighted by atomic mass is 9.80. The molecule has 0 aromatic heterocycles. The zero-order chi connectivity index (χ0) is 19.1. The van der Waals surface area contributed by atoms with Crippen molar-refractivity contribution in [2.45, 2.75) is 31.5 Å². The molecular formula is C25H23BrO2. The second-order valence-electron chi connectivity index (χ2n) is 7.73. The van der Waals surface area contributed by atoms with Crippen LogP contribution in [0, 0.1) is 0 Å². The molecule has 2 atom stereocenters. The van der Waals surface area contributed by atoms with Gasteiger partial charge in [-0.2, -0.15) is 0 Å². The van der Waals surface area contributed by atoms with Crippen molar-refractivity contribution >= 4 is 15.9 Å². The summed E-state index contributed by atoms with van der Waals surface area (Å²) in [5.41, 5.74) is 8.03. The predicted molar refractivity (Wildman–Crippen MR) is 116 cm³/mol. The molecule has 1 aliphatic heterocycles. The molecule has 1 aliphatic carbocycles. The van der Waals surface area contributed by atoms with Crippen molar-refractivity contribution in [2.75, 3.05) is 13.2 Å². The second kappa shape index (κ2) is 7.47. The lowest BCUT2D eigenvalue weighted by Crippen LogP contribution is -2.10. The van der Waals surface area contributed by atoms with Gasteiger partial charge in [-0.15, -0.1) is 0 Å². The van der Waals surface area contributed by atoms with Crippen LogP contribution in [0.5, 0.6) is 0 Å². The standard InChI is InChI=1S/C25H23BrO2/c1-16-21-4-2-3-5-22(21)24-15-20(26)11-10-19(24)14-23(16)17-6-8-18(9-7-17)25-27-12-13-28-25/h2-11,15-16,23,25H,12-14H2,1H3/t16?,23-/m0/s1. The van der Waals surface area contributed by atoms with E-state index < -0.39 is 0 Å². The van der Waals surface area contributed by atoms with Crippen molar-refractivity contribution in [3.05, 3.63) is 93.5 Å². The van der Waals surface area contributed by atoms with Gasteiger partial charge in [-0.3, -0.25) is 0 Å². The topological polar surface area (TPSA) is 18.5 Å². The van der Waals surface area contributed by atoms with Crippen LogP contribution in [0.1, 0.15) is 47.3 Å². The first kappa shape index (κ1) is 18.1. The van der Waals surface area contributed by atoms with Crippen LogP contribution < -0.4 is 0 Å². The molecule has 5 rings (SSSR count). The molecule has 3 aromatic carbocycles. The third-order valence-corrected chi connectivity index (χ3v) is 6.61. The Hall–Kier alpha value is -1.94. The molecule has 28 heavy (non-hydrogen) atoms. The Morgan fingerprint density at radius 3 is 2.32 bits per heavy atom. The molecule has 2 nitrogen and oxygen atoms in total. The van der Waals surface area contributed by atoms with Gasteiger partial charge in [0.25, 0.3) is 0 Å². The third kappa shape index (κ3) is 3.22. The Morgan fingerprint density at radius 2 is 1.54 bits per heavy atom. The molecule has 3 heteroatoms. The number of halogens is 1. The maximum absolute atomic E-state index is 5.64. The minimum absolute atomic E-state index is 0.209. The highest BCUT2D eigenvalue weighted by Crippen LogP contribution is 2.45. The number of ether oxygens (including phenoxy) is 2. The Morgan fingerprint density at radius 1 is 0.821 bits per heavy atom. The molecule has 2 aliphatic rings. The van der Waals surface area contributed by atoms with Gasteiger partial charge in [0.1, 0.15) is 0 Å². The van der Waals surface area contributed by atoms with Crippen molar-refractivity contribution in [1.82, 2.24) is 0 Å². The molecule has 1 unspecified atom stereocenters. The maximum Gasteiger partial charge on any atom is 0.184 e. The van der Waals surface area contributed by atoms with Crippen LogP contribution in [0.2, 0.25) is 0 Å². The van der Waals surface area contributed by atoms with E-state index in [0.717, 1.165) is 16.5 Å². The Kier molecular flexibility index (Phi) is 4.83.